The van der Waals surface area contributed by atoms with E-state index < -0.39 is 0 Å². The normalized spacial score (nSPS) is 20.8. The van der Waals surface area contributed by atoms with E-state index in [1.54, 1.807) is 11.3 Å². The van der Waals surface area contributed by atoms with Crippen LogP contribution in [0, 0.1) is 6.92 Å². The molecule has 1 N–H and O–H groups in total. The molecule has 1 aromatic rings. The summed E-state index contributed by atoms with van der Waals surface area (Å²) in [4.78, 5) is 18.2. The summed E-state index contributed by atoms with van der Waals surface area (Å²) in [6.07, 6.45) is 3.56. The quantitative estimate of drug-likeness (QED) is 0.817. The zero-order valence-corrected chi connectivity index (χ0v) is 11.2. The molecule has 0 radical (unpaired) electrons. The number of unbranched alkanes of at least 4 members (excludes halogenated alkanes) is 2. The number of aryl methyl sites for hydroxylation is 1. The summed E-state index contributed by atoms with van der Waals surface area (Å²) >= 11 is 1.62. The van der Waals surface area contributed by atoms with Gasteiger partial charge in [0.1, 0.15) is 11.2 Å². The Bertz CT molecular complexity index is 391. The maximum absolute atomic E-state index is 11.5. The lowest BCUT2D eigenvalue weighted by atomic mass is 10.2. The molecular formula is C12H19N3OS. The lowest BCUT2D eigenvalue weighted by molar-refractivity contribution is -0.118. The Kier molecular flexibility index (Phi) is 4.12. The van der Waals surface area contributed by atoms with Crippen LogP contribution in [-0.4, -0.2) is 28.9 Å². The van der Waals surface area contributed by atoms with Crippen LogP contribution < -0.4 is 5.32 Å². The molecule has 1 aliphatic heterocycles. The molecule has 0 bridgehead atoms. The average Bonchev–Trinajstić information content (AvgIpc) is 2.85. The molecule has 1 aromatic heterocycles. The van der Waals surface area contributed by atoms with Crippen LogP contribution in [0.4, 0.5) is 0 Å². The predicted molar refractivity (Wildman–Crippen MR) is 68.8 cm³/mol. The average molecular weight is 253 g/mol. The summed E-state index contributed by atoms with van der Waals surface area (Å²) < 4.78 is 0. The van der Waals surface area contributed by atoms with Crippen molar-refractivity contribution in [2.45, 2.75) is 39.3 Å². The summed E-state index contributed by atoms with van der Waals surface area (Å²) in [6, 6.07) is 0. The molecular weight excluding hydrogens is 234 g/mol. The summed E-state index contributed by atoms with van der Waals surface area (Å²) in [7, 11) is 0. The van der Waals surface area contributed by atoms with Crippen molar-refractivity contribution in [2.24, 2.45) is 0 Å². The first kappa shape index (κ1) is 12.5. The Morgan fingerprint density at radius 1 is 1.59 bits per heavy atom. The fraction of sp³-hybridized carbons (Fsp3) is 0.667. The molecule has 94 valence electrons. The second-order valence-corrected chi connectivity index (χ2v) is 5.36. The highest BCUT2D eigenvalue weighted by atomic mass is 32.1. The lowest BCUT2D eigenvalue weighted by Gasteiger charge is -2.20. The molecule has 2 heterocycles. The standard InChI is InChI=1S/C12H19N3OS/c1-3-4-5-6-15-7-10(16)14-11(15)12-13-9(2)8-17-12/h8,11H,3-7H2,1-2H3,(H,14,16). The smallest absolute Gasteiger partial charge is 0.235 e. The molecule has 1 saturated heterocycles. The van der Waals surface area contributed by atoms with Crippen molar-refractivity contribution in [3.8, 4) is 0 Å². The Labute approximate surface area is 106 Å². The van der Waals surface area contributed by atoms with Gasteiger partial charge in [0.2, 0.25) is 5.91 Å². The number of thiazole rings is 1. The first-order valence-corrected chi connectivity index (χ1v) is 7.04. The van der Waals surface area contributed by atoms with Crippen LogP contribution in [-0.2, 0) is 4.79 Å². The summed E-state index contributed by atoms with van der Waals surface area (Å²) in [5.74, 6) is 0.111. The molecule has 2 rings (SSSR count). The molecule has 1 amide bonds. The fourth-order valence-electron chi connectivity index (χ4n) is 2.05. The first-order valence-electron chi connectivity index (χ1n) is 6.16. The first-order chi connectivity index (χ1) is 8.20. The van der Waals surface area contributed by atoms with Gasteiger partial charge in [0, 0.05) is 17.6 Å². The van der Waals surface area contributed by atoms with Crippen LogP contribution in [0.1, 0.15) is 43.1 Å². The Morgan fingerprint density at radius 3 is 3.06 bits per heavy atom. The second-order valence-electron chi connectivity index (χ2n) is 4.47. The molecule has 1 aliphatic rings. The van der Waals surface area contributed by atoms with E-state index in [2.05, 4.69) is 22.1 Å². The van der Waals surface area contributed by atoms with Gasteiger partial charge < -0.3 is 5.32 Å². The van der Waals surface area contributed by atoms with Crippen molar-refractivity contribution in [1.82, 2.24) is 15.2 Å². The molecule has 4 nitrogen and oxygen atoms in total. The van der Waals surface area contributed by atoms with Gasteiger partial charge in [-0.15, -0.1) is 11.3 Å². The molecule has 5 heteroatoms. The Hall–Kier alpha value is -0.940. The van der Waals surface area contributed by atoms with Gasteiger partial charge in [-0.3, -0.25) is 9.69 Å². The third kappa shape index (κ3) is 3.04. The van der Waals surface area contributed by atoms with Gasteiger partial charge in [0.05, 0.1) is 6.54 Å². The van der Waals surface area contributed by atoms with E-state index in [-0.39, 0.29) is 12.1 Å². The van der Waals surface area contributed by atoms with E-state index in [1.165, 1.54) is 12.8 Å². The maximum atomic E-state index is 11.5. The fourth-order valence-corrected chi connectivity index (χ4v) is 2.93. The number of hydrogen-bond donors (Lipinski definition) is 1. The third-order valence-electron chi connectivity index (χ3n) is 2.93. The summed E-state index contributed by atoms with van der Waals surface area (Å²) in [5, 5.41) is 6.03. The number of aromatic nitrogens is 1. The molecule has 17 heavy (non-hydrogen) atoms. The van der Waals surface area contributed by atoms with E-state index in [0.29, 0.717) is 6.54 Å². The highest BCUT2D eigenvalue weighted by Crippen LogP contribution is 2.25. The van der Waals surface area contributed by atoms with Gasteiger partial charge in [0.25, 0.3) is 0 Å². The van der Waals surface area contributed by atoms with E-state index in [0.717, 1.165) is 23.7 Å². The van der Waals surface area contributed by atoms with Gasteiger partial charge in [0.15, 0.2) is 0 Å². The molecule has 0 aromatic carbocycles. The minimum atomic E-state index is -0.00180. The number of amides is 1. The Balaban J connectivity index is 2.01. The molecule has 0 spiro atoms. The van der Waals surface area contributed by atoms with Crippen molar-refractivity contribution in [2.75, 3.05) is 13.1 Å². The minimum Gasteiger partial charge on any atom is -0.333 e. The van der Waals surface area contributed by atoms with E-state index in [9.17, 15) is 4.79 Å². The Morgan fingerprint density at radius 2 is 2.41 bits per heavy atom. The maximum Gasteiger partial charge on any atom is 0.235 e. The van der Waals surface area contributed by atoms with Crippen molar-refractivity contribution < 1.29 is 4.79 Å². The number of rotatable bonds is 5. The number of nitrogens with one attached hydrogen (secondary N) is 1. The van der Waals surface area contributed by atoms with Gasteiger partial charge in [-0.25, -0.2) is 4.98 Å². The SMILES string of the molecule is CCCCCN1CC(=O)NC1c1nc(C)cs1. The van der Waals surface area contributed by atoms with E-state index in [4.69, 9.17) is 0 Å². The van der Waals surface area contributed by atoms with Crippen molar-refractivity contribution in [3.63, 3.8) is 0 Å². The number of carbonyl (C=O) groups is 1. The van der Waals surface area contributed by atoms with Crippen LogP contribution in [0.15, 0.2) is 5.38 Å². The molecule has 1 unspecified atom stereocenters. The van der Waals surface area contributed by atoms with Crippen LogP contribution in [0.5, 0.6) is 0 Å². The van der Waals surface area contributed by atoms with Gasteiger partial charge >= 0.3 is 0 Å². The second kappa shape index (κ2) is 5.60. The topological polar surface area (TPSA) is 45.2 Å². The van der Waals surface area contributed by atoms with E-state index >= 15 is 0 Å². The highest BCUT2D eigenvalue weighted by Gasteiger charge is 2.32. The number of hydrogen-bond acceptors (Lipinski definition) is 4. The van der Waals surface area contributed by atoms with Crippen molar-refractivity contribution in [3.05, 3.63) is 16.1 Å². The van der Waals surface area contributed by atoms with Crippen molar-refractivity contribution >= 4 is 17.2 Å². The molecule has 1 fully saturated rings. The van der Waals surface area contributed by atoms with Crippen LogP contribution in [0.3, 0.4) is 0 Å². The van der Waals surface area contributed by atoms with Crippen LogP contribution in [0.2, 0.25) is 0 Å². The van der Waals surface area contributed by atoms with E-state index in [1.807, 2.05) is 12.3 Å². The highest BCUT2D eigenvalue weighted by molar-refractivity contribution is 7.09. The summed E-state index contributed by atoms with van der Waals surface area (Å²) in [6.45, 7) is 5.65. The number of carbonyl (C=O) groups excluding carboxylic acids is 1. The minimum absolute atomic E-state index is 0.00180. The molecule has 0 aliphatic carbocycles. The number of nitrogens with zero attached hydrogens (tertiary/aromatic N) is 2. The zero-order valence-electron chi connectivity index (χ0n) is 10.4. The lowest BCUT2D eigenvalue weighted by Crippen LogP contribution is -2.28. The molecule has 0 saturated carbocycles. The largest absolute Gasteiger partial charge is 0.333 e. The van der Waals surface area contributed by atoms with Gasteiger partial charge in [-0.1, -0.05) is 19.8 Å². The monoisotopic (exact) mass is 253 g/mol. The zero-order chi connectivity index (χ0) is 12.3. The van der Waals surface area contributed by atoms with Gasteiger partial charge in [-0.2, -0.15) is 0 Å². The van der Waals surface area contributed by atoms with Gasteiger partial charge in [-0.05, 0) is 13.3 Å². The third-order valence-corrected chi connectivity index (χ3v) is 3.94. The van der Waals surface area contributed by atoms with Crippen LogP contribution >= 0.6 is 11.3 Å². The summed E-state index contributed by atoms with van der Waals surface area (Å²) in [5.41, 5.74) is 1.03. The van der Waals surface area contributed by atoms with Crippen molar-refractivity contribution in [1.29, 1.82) is 0 Å². The predicted octanol–water partition coefficient (Wildman–Crippen LogP) is 2.07. The molecule has 1 atom stereocenters. The van der Waals surface area contributed by atoms with Crippen LogP contribution in [0.25, 0.3) is 0 Å².